The van der Waals surface area contributed by atoms with Gasteiger partial charge in [0.15, 0.2) is 0 Å². The molecule has 0 aliphatic carbocycles. The molecular weight excluding hydrogens is 210 g/mol. The third-order valence-corrected chi connectivity index (χ3v) is 3.08. The summed E-state index contributed by atoms with van der Waals surface area (Å²) in [6, 6.07) is 12.5. The fraction of sp³-hybridized carbons (Fsp3) is 0.333. The molecule has 2 N–H and O–H groups in total. The van der Waals surface area contributed by atoms with Crippen molar-refractivity contribution in [2.45, 2.75) is 32.2 Å². The van der Waals surface area contributed by atoms with Gasteiger partial charge < -0.3 is 10.2 Å². The highest BCUT2D eigenvalue weighted by atomic mass is 16.3. The van der Waals surface area contributed by atoms with Crippen molar-refractivity contribution in [3.8, 4) is 0 Å². The zero-order chi connectivity index (χ0) is 12.1. The molecule has 2 heteroatoms. The number of aryl methyl sites for hydroxylation is 2. The smallest absolute Gasteiger partial charge is 0.103 e. The Morgan fingerprint density at radius 3 is 2.71 bits per heavy atom. The Morgan fingerprint density at radius 1 is 1.18 bits per heavy atom. The topological polar surface area (TPSA) is 39.2 Å². The van der Waals surface area contributed by atoms with Gasteiger partial charge in [-0.05, 0) is 43.0 Å². The summed E-state index contributed by atoms with van der Waals surface area (Å²) in [4.78, 5) is 0. The van der Waals surface area contributed by atoms with Gasteiger partial charge in [-0.3, -0.25) is 0 Å². The van der Waals surface area contributed by atoms with Crippen LogP contribution < -0.4 is 5.73 Å². The van der Waals surface area contributed by atoms with E-state index in [2.05, 4.69) is 31.2 Å². The van der Waals surface area contributed by atoms with Gasteiger partial charge in [0.1, 0.15) is 5.76 Å². The Balaban J connectivity index is 1.85. The highest BCUT2D eigenvalue weighted by Gasteiger charge is 2.07. The van der Waals surface area contributed by atoms with Crippen LogP contribution in [0, 0.1) is 6.92 Å². The predicted octanol–water partition coefficient (Wildman–Crippen LogP) is 3.09. The molecule has 0 saturated carbocycles. The van der Waals surface area contributed by atoms with Gasteiger partial charge in [-0.25, -0.2) is 0 Å². The average molecular weight is 229 g/mol. The molecule has 0 aliphatic rings. The molecule has 0 aliphatic heterocycles. The van der Waals surface area contributed by atoms with E-state index in [-0.39, 0.29) is 6.04 Å². The summed E-state index contributed by atoms with van der Waals surface area (Å²) in [7, 11) is 0. The quantitative estimate of drug-likeness (QED) is 0.855. The van der Waals surface area contributed by atoms with Gasteiger partial charge in [0.05, 0.1) is 6.26 Å². The molecule has 1 unspecified atom stereocenters. The van der Waals surface area contributed by atoms with Crippen molar-refractivity contribution in [2.24, 2.45) is 5.73 Å². The maximum Gasteiger partial charge on any atom is 0.103 e. The van der Waals surface area contributed by atoms with E-state index >= 15 is 0 Å². The monoisotopic (exact) mass is 229 g/mol. The molecule has 0 saturated heterocycles. The summed E-state index contributed by atoms with van der Waals surface area (Å²) in [5.41, 5.74) is 8.82. The van der Waals surface area contributed by atoms with Crippen LogP contribution in [0.25, 0.3) is 0 Å². The van der Waals surface area contributed by atoms with E-state index in [0.717, 1.165) is 25.0 Å². The van der Waals surface area contributed by atoms with Crippen molar-refractivity contribution in [3.63, 3.8) is 0 Å². The molecule has 0 amide bonds. The molecule has 1 heterocycles. The molecule has 2 aromatic rings. The van der Waals surface area contributed by atoms with Crippen molar-refractivity contribution in [3.05, 3.63) is 59.5 Å². The normalized spacial score (nSPS) is 12.6. The van der Waals surface area contributed by atoms with E-state index in [1.165, 1.54) is 11.1 Å². The van der Waals surface area contributed by atoms with Crippen molar-refractivity contribution in [2.75, 3.05) is 0 Å². The van der Waals surface area contributed by atoms with Gasteiger partial charge in [0.25, 0.3) is 0 Å². The first-order chi connectivity index (χ1) is 8.25. The van der Waals surface area contributed by atoms with Gasteiger partial charge >= 0.3 is 0 Å². The second-order valence-electron chi connectivity index (χ2n) is 4.51. The fourth-order valence-electron chi connectivity index (χ4n) is 2.01. The van der Waals surface area contributed by atoms with Crippen LogP contribution in [0.3, 0.4) is 0 Å². The van der Waals surface area contributed by atoms with Gasteiger partial charge in [-0.15, -0.1) is 0 Å². The van der Waals surface area contributed by atoms with Crippen LogP contribution in [0.5, 0.6) is 0 Å². The number of furan rings is 1. The van der Waals surface area contributed by atoms with E-state index in [9.17, 15) is 0 Å². The number of hydrogen-bond donors (Lipinski definition) is 1. The molecule has 90 valence electrons. The molecule has 0 fully saturated rings. The van der Waals surface area contributed by atoms with Crippen LogP contribution in [0.1, 0.15) is 23.3 Å². The lowest BCUT2D eigenvalue weighted by atomic mass is 9.98. The number of hydrogen-bond acceptors (Lipinski definition) is 2. The van der Waals surface area contributed by atoms with Crippen LogP contribution in [0.2, 0.25) is 0 Å². The van der Waals surface area contributed by atoms with E-state index in [0.29, 0.717) is 0 Å². The fourth-order valence-corrected chi connectivity index (χ4v) is 2.01. The van der Waals surface area contributed by atoms with Gasteiger partial charge in [-0.1, -0.05) is 24.3 Å². The molecule has 0 spiro atoms. The first kappa shape index (κ1) is 11.9. The molecule has 0 radical (unpaired) electrons. The minimum absolute atomic E-state index is 0.196. The van der Waals surface area contributed by atoms with E-state index in [1.54, 1.807) is 6.26 Å². The Morgan fingerprint density at radius 2 is 2.00 bits per heavy atom. The van der Waals surface area contributed by atoms with Crippen molar-refractivity contribution in [1.82, 2.24) is 0 Å². The van der Waals surface area contributed by atoms with Crippen molar-refractivity contribution < 1.29 is 4.42 Å². The predicted molar refractivity (Wildman–Crippen MR) is 69.9 cm³/mol. The van der Waals surface area contributed by atoms with Crippen LogP contribution in [0.4, 0.5) is 0 Å². The second kappa shape index (κ2) is 5.69. The standard InChI is InChI=1S/C15H19NO/c1-12-5-2-3-6-13(12)11-14(16)8-9-15-7-4-10-17-15/h2-7,10,14H,8-9,11,16H2,1H3. The molecule has 17 heavy (non-hydrogen) atoms. The zero-order valence-electron chi connectivity index (χ0n) is 10.2. The summed E-state index contributed by atoms with van der Waals surface area (Å²) in [6.07, 6.45) is 4.53. The third kappa shape index (κ3) is 3.46. The summed E-state index contributed by atoms with van der Waals surface area (Å²) >= 11 is 0. The summed E-state index contributed by atoms with van der Waals surface area (Å²) in [5.74, 6) is 1.02. The molecule has 1 atom stereocenters. The molecule has 0 bridgehead atoms. The number of rotatable bonds is 5. The highest BCUT2D eigenvalue weighted by molar-refractivity contribution is 5.26. The Labute approximate surface area is 102 Å². The van der Waals surface area contributed by atoms with Gasteiger partial charge in [-0.2, -0.15) is 0 Å². The largest absolute Gasteiger partial charge is 0.469 e. The molecule has 1 aromatic heterocycles. The summed E-state index contributed by atoms with van der Waals surface area (Å²) in [6.45, 7) is 2.13. The maximum atomic E-state index is 6.15. The SMILES string of the molecule is Cc1ccccc1CC(N)CCc1ccco1. The summed E-state index contributed by atoms with van der Waals surface area (Å²) in [5, 5.41) is 0. The minimum Gasteiger partial charge on any atom is -0.469 e. The van der Waals surface area contributed by atoms with E-state index in [1.807, 2.05) is 12.1 Å². The Bertz CT molecular complexity index is 448. The number of benzene rings is 1. The third-order valence-electron chi connectivity index (χ3n) is 3.08. The lowest BCUT2D eigenvalue weighted by molar-refractivity contribution is 0.484. The number of nitrogens with two attached hydrogens (primary N) is 1. The summed E-state index contributed by atoms with van der Waals surface area (Å²) < 4.78 is 5.30. The van der Waals surface area contributed by atoms with Crippen LogP contribution in [-0.2, 0) is 12.8 Å². The minimum atomic E-state index is 0.196. The Kier molecular flexibility index (Phi) is 3.99. The maximum absolute atomic E-state index is 6.15. The zero-order valence-corrected chi connectivity index (χ0v) is 10.2. The van der Waals surface area contributed by atoms with Gasteiger partial charge in [0, 0.05) is 12.5 Å². The molecule has 1 aromatic carbocycles. The van der Waals surface area contributed by atoms with Crippen molar-refractivity contribution in [1.29, 1.82) is 0 Å². The second-order valence-corrected chi connectivity index (χ2v) is 4.51. The van der Waals surface area contributed by atoms with Crippen molar-refractivity contribution >= 4 is 0 Å². The van der Waals surface area contributed by atoms with Crippen LogP contribution >= 0.6 is 0 Å². The first-order valence-corrected chi connectivity index (χ1v) is 6.08. The van der Waals surface area contributed by atoms with E-state index in [4.69, 9.17) is 10.2 Å². The lowest BCUT2D eigenvalue weighted by Gasteiger charge is -2.12. The highest BCUT2D eigenvalue weighted by Crippen LogP contribution is 2.12. The van der Waals surface area contributed by atoms with E-state index < -0.39 is 0 Å². The average Bonchev–Trinajstić information content (AvgIpc) is 2.82. The Hall–Kier alpha value is -1.54. The van der Waals surface area contributed by atoms with Crippen LogP contribution in [-0.4, -0.2) is 6.04 Å². The van der Waals surface area contributed by atoms with Crippen LogP contribution in [0.15, 0.2) is 47.1 Å². The first-order valence-electron chi connectivity index (χ1n) is 6.08. The molecule has 2 nitrogen and oxygen atoms in total. The molecular formula is C15H19NO. The van der Waals surface area contributed by atoms with Gasteiger partial charge in [0.2, 0.25) is 0 Å². The molecule has 2 rings (SSSR count). The lowest BCUT2D eigenvalue weighted by Crippen LogP contribution is -2.23.